The largest absolute Gasteiger partial charge is 0.467 e. The van der Waals surface area contributed by atoms with Crippen LogP contribution in [0.1, 0.15) is 64.2 Å². The van der Waals surface area contributed by atoms with Crippen molar-refractivity contribution in [2.24, 2.45) is 5.73 Å². The van der Waals surface area contributed by atoms with Crippen LogP contribution in [0, 0.1) is 0 Å². The number of unbranched alkanes of at least 4 members (excludes halogenated alkanes) is 4. The number of nitrogens with one attached hydrogen (secondary N) is 1. The van der Waals surface area contributed by atoms with Crippen molar-refractivity contribution >= 4 is 12.1 Å². The summed E-state index contributed by atoms with van der Waals surface area (Å²) in [6, 6.07) is -0.617. The molecular formula is C16H30N2O4. The third kappa shape index (κ3) is 7.64. The van der Waals surface area contributed by atoms with Gasteiger partial charge in [0.1, 0.15) is 12.1 Å². The average Bonchev–Trinajstić information content (AvgIpc) is 3.01. The first-order valence-electron chi connectivity index (χ1n) is 8.42. The molecule has 0 aromatic heterocycles. The summed E-state index contributed by atoms with van der Waals surface area (Å²) in [5.74, 6) is -0.412. The van der Waals surface area contributed by atoms with Crippen molar-refractivity contribution in [3.63, 3.8) is 0 Å². The minimum Gasteiger partial charge on any atom is -0.467 e. The van der Waals surface area contributed by atoms with Crippen molar-refractivity contribution in [3.05, 3.63) is 0 Å². The Bertz CT molecular complexity index is 330. The molecule has 0 aliphatic heterocycles. The molecule has 1 rings (SSSR count). The van der Waals surface area contributed by atoms with Gasteiger partial charge in [-0.1, -0.05) is 25.7 Å². The predicted molar refractivity (Wildman–Crippen MR) is 84.4 cm³/mol. The molecule has 0 saturated heterocycles. The molecule has 1 saturated carbocycles. The highest BCUT2D eigenvalue weighted by Gasteiger charge is 2.24. The zero-order valence-electron chi connectivity index (χ0n) is 13.6. The topological polar surface area (TPSA) is 90.6 Å². The van der Waals surface area contributed by atoms with E-state index in [1.54, 1.807) is 0 Å². The fraction of sp³-hybridized carbons (Fsp3) is 0.875. The van der Waals surface area contributed by atoms with Gasteiger partial charge in [-0.25, -0.2) is 9.59 Å². The van der Waals surface area contributed by atoms with E-state index in [0.717, 1.165) is 64.3 Å². The third-order valence-electron chi connectivity index (χ3n) is 4.05. The maximum Gasteiger partial charge on any atom is 0.408 e. The van der Waals surface area contributed by atoms with Gasteiger partial charge in [-0.15, -0.1) is 0 Å². The highest BCUT2D eigenvalue weighted by Crippen LogP contribution is 2.21. The second-order valence-corrected chi connectivity index (χ2v) is 5.88. The van der Waals surface area contributed by atoms with E-state index in [1.807, 2.05) is 0 Å². The molecule has 0 aromatic rings. The number of amides is 1. The summed E-state index contributed by atoms with van der Waals surface area (Å²) < 4.78 is 10.1. The average molecular weight is 314 g/mol. The first kappa shape index (κ1) is 18.7. The van der Waals surface area contributed by atoms with Crippen LogP contribution in [0.25, 0.3) is 0 Å². The van der Waals surface area contributed by atoms with E-state index in [1.165, 1.54) is 7.11 Å². The summed E-state index contributed by atoms with van der Waals surface area (Å²) >= 11 is 0. The van der Waals surface area contributed by atoms with Crippen molar-refractivity contribution in [2.75, 3.05) is 13.7 Å². The fourth-order valence-corrected chi connectivity index (χ4v) is 2.75. The summed E-state index contributed by atoms with van der Waals surface area (Å²) in [7, 11) is 1.33. The van der Waals surface area contributed by atoms with E-state index < -0.39 is 18.1 Å². The van der Waals surface area contributed by atoms with E-state index in [9.17, 15) is 9.59 Å². The van der Waals surface area contributed by atoms with Crippen LogP contribution in [0.3, 0.4) is 0 Å². The Labute approximate surface area is 133 Å². The molecule has 0 bridgehead atoms. The molecule has 1 aliphatic rings. The van der Waals surface area contributed by atoms with Crippen LogP contribution < -0.4 is 11.1 Å². The lowest BCUT2D eigenvalue weighted by molar-refractivity contribution is -0.143. The normalized spacial score (nSPS) is 16.3. The molecule has 0 aromatic carbocycles. The van der Waals surface area contributed by atoms with Crippen LogP contribution in [0.5, 0.6) is 0 Å². The second-order valence-electron chi connectivity index (χ2n) is 5.88. The zero-order valence-corrected chi connectivity index (χ0v) is 13.6. The van der Waals surface area contributed by atoms with Gasteiger partial charge >= 0.3 is 12.1 Å². The highest BCUT2D eigenvalue weighted by molar-refractivity contribution is 5.81. The van der Waals surface area contributed by atoms with Gasteiger partial charge in [0.25, 0.3) is 0 Å². The van der Waals surface area contributed by atoms with Crippen LogP contribution >= 0.6 is 0 Å². The molecule has 1 atom stereocenters. The molecule has 0 heterocycles. The van der Waals surface area contributed by atoms with Crippen molar-refractivity contribution in [2.45, 2.75) is 76.4 Å². The number of esters is 1. The van der Waals surface area contributed by atoms with Crippen molar-refractivity contribution < 1.29 is 19.1 Å². The Balaban J connectivity index is 2.26. The quantitative estimate of drug-likeness (QED) is 0.477. The molecule has 1 amide bonds. The summed E-state index contributed by atoms with van der Waals surface area (Å²) in [6.45, 7) is 0.722. The lowest BCUT2D eigenvalue weighted by Crippen LogP contribution is -2.42. The molecular weight excluding hydrogens is 284 g/mol. The summed E-state index contributed by atoms with van der Waals surface area (Å²) in [5, 5.41) is 2.64. The number of rotatable bonds is 10. The minimum atomic E-state index is -0.617. The van der Waals surface area contributed by atoms with Crippen molar-refractivity contribution in [1.82, 2.24) is 5.32 Å². The number of alkyl carbamates (subject to hydrolysis) is 1. The lowest BCUT2D eigenvalue weighted by Gasteiger charge is -2.18. The van der Waals surface area contributed by atoms with Crippen LogP contribution in [0.2, 0.25) is 0 Å². The van der Waals surface area contributed by atoms with Gasteiger partial charge in [0, 0.05) is 0 Å². The predicted octanol–water partition coefficient (Wildman–Crippen LogP) is 2.50. The molecule has 6 heteroatoms. The number of carbonyl (C=O) groups excluding carboxylic acids is 2. The van der Waals surface area contributed by atoms with Gasteiger partial charge in [0.2, 0.25) is 0 Å². The zero-order chi connectivity index (χ0) is 16.2. The standard InChI is InChI=1S/C16H30N2O4/c1-21-15(19)14(11-5-3-2-4-8-12-17)18-16(20)22-13-9-6-7-10-13/h13-14H,2-12,17H2,1H3,(H,18,20)/t14-/m0/s1. The maximum absolute atomic E-state index is 11.8. The highest BCUT2D eigenvalue weighted by atomic mass is 16.6. The fourth-order valence-electron chi connectivity index (χ4n) is 2.75. The van der Waals surface area contributed by atoms with E-state index in [2.05, 4.69) is 5.32 Å². The monoisotopic (exact) mass is 314 g/mol. The van der Waals surface area contributed by atoms with E-state index in [4.69, 9.17) is 15.2 Å². The number of nitrogens with two attached hydrogens (primary N) is 1. The molecule has 1 fully saturated rings. The van der Waals surface area contributed by atoms with Gasteiger partial charge in [0.05, 0.1) is 7.11 Å². The van der Waals surface area contributed by atoms with Crippen molar-refractivity contribution in [3.8, 4) is 0 Å². The van der Waals surface area contributed by atoms with Gasteiger partial charge in [-0.05, 0) is 45.1 Å². The molecule has 0 unspecified atom stereocenters. The lowest BCUT2D eigenvalue weighted by atomic mass is 10.1. The molecule has 128 valence electrons. The SMILES string of the molecule is COC(=O)[C@H](CCCCCCCN)NC(=O)OC1CCCC1. The Hall–Kier alpha value is -1.30. The van der Waals surface area contributed by atoms with Crippen LogP contribution in [-0.4, -0.2) is 37.9 Å². The van der Waals surface area contributed by atoms with Crippen LogP contribution in [0.15, 0.2) is 0 Å². The first-order chi connectivity index (χ1) is 10.7. The van der Waals surface area contributed by atoms with Crippen molar-refractivity contribution in [1.29, 1.82) is 0 Å². The Morgan fingerprint density at radius 1 is 1.14 bits per heavy atom. The summed E-state index contributed by atoms with van der Waals surface area (Å²) in [4.78, 5) is 23.6. The Kier molecular flexibility index (Phi) is 9.62. The van der Waals surface area contributed by atoms with E-state index in [-0.39, 0.29) is 6.10 Å². The molecule has 0 radical (unpaired) electrons. The number of ether oxygens (including phenoxy) is 2. The smallest absolute Gasteiger partial charge is 0.408 e. The van der Waals surface area contributed by atoms with E-state index >= 15 is 0 Å². The molecule has 0 spiro atoms. The van der Waals surface area contributed by atoms with Gasteiger partial charge in [0.15, 0.2) is 0 Å². The Morgan fingerprint density at radius 3 is 2.41 bits per heavy atom. The van der Waals surface area contributed by atoms with Crippen LogP contribution in [0.4, 0.5) is 4.79 Å². The van der Waals surface area contributed by atoms with Gasteiger partial charge < -0.3 is 20.5 Å². The maximum atomic E-state index is 11.8. The third-order valence-corrected chi connectivity index (χ3v) is 4.05. The first-order valence-corrected chi connectivity index (χ1v) is 8.42. The van der Waals surface area contributed by atoms with E-state index in [0.29, 0.717) is 6.42 Å². The number of hydrogen-bond donors (Lipinski definition) is 2. The second kappa shape index (κ2) is 11.3. The molecule has 3 N–H and O–H groups in total. The van der Waals surface area contributed by atoms with Gasteiger partial charge in [-0.2, -0.15) is 0 Å². The minimum absolute atomic E-state index is 0.00504. The van der Waals surface area contributed by atoms with Crippen LogP contribution in [-0.2, 0) is 14.3 Å². The number of carbonyl (C=O) groups is 2. The Morgan fingerprint density at radius 2 is 1.77 bits per heavy atom. The summed E-state index contributed by atoms with van der Waals surface area (Å²) in [5.41, 5.74) is 5.45. The number of hydrogen-bond acceptors (Lipinski definition) is 5. The molecule has 6 nitrogen and oxygen atoms in total. The van der Waals surface area contributed by atoms with Gasteiger partial charge in [-0.3, -0.25) is 0 Å². The number of methoxy groups -OCH3 is 1. The summed E-state index contributed by atoms with van der Waals surface area (Å²) in [6.07, 6.45) is 9.22. The molecule has 1 aliphatic carbocycles. The molecule has 22 heavy (non-hydrogen) atoms.